The zero-order valence-corrected chi connectivity index (χ0v) is 17.4. The van der Waals surface area contributed by atoms with Gasteiger partial charge >= 0.3 is 6.18 Å². The molecule has 0 radical (unpaired) electrons. The normalized spacial score (nSPS) is 11.4. The Balaban J connectivity index is 1.74. The van der Waals surface area contributed by atoms with E-state index in [1.165, 1.54) is 22.8 Å². The molecule has 0 bridgehead atoms. The molecule has 0 aliphatic rings. The van der Waals surface area contributed by atoms with Crippen molar-refractivity contribution >= 4 is 45.9 Å². The molecule has 2 aromatic carbocycles. The molecule has 4 nitrogen and oxygen atoms in total. The molecule has 30 heavy (non-hydrogen) atoms. The second-order valence-corrected chi connectivity index (χ2v) is 8.00. The monoisotopic (exact) mass is 472 g/mol. The first-order valence-electron chi connectivity index (χ1n) is 8.43. The van der Waals surface area contributed by atoms with Gasteiger partial charge in [0.05, 0.1) is 22.2 Å². The van der Waals surface area contributed by atoms with Crippen LogP contribution >= 0.6 is 35.0 Å². The predicted octanol–water partition coefficient (Wildman–Crippen LogP) is 6.55. The molecule has 0 saturated carbocycles. The quantitative estimate of drug-likeness (QED) is 0.438. The Labute approximate surface area is 183 Å². The molecule has 1 heterocycles. The fraction of sp³-hybridized carbons (Fsp3) is 0.100. The maximum Gasteiger partial charge on any atom is 0.416 e. The van der Waals surface area contributed by atoms with E-state index >= 15 is 0 Å². The summed E-state index contributed by atoms with van der Waals surface area (Å²) in [5.74, 6) is 0. The molecule has 3 aromatic rings. The van der Waals surface area contributed by atoms with Crippen LogP contribution in [0.1, 0.15) is 11.1 Å². The van der Waals surface area contributed by atoms with Crippen LogP contribution in [0.25, 0.3) is 0 Å². The summed E-state index contributed by atoms with van der Waals surface area (Å²) in [6.45, 7) is 0.195. The van der Waals surface area contributed by atoms with Crippen molar-refractivity contribution < 1.29 is 18.0 Å². The van der Waals surface area contributed by atoms with Crippen molar-refractivity contribution in [3.05, 3.63) is 92.3 Å². The number of carbonyl (C=O) groups excluding carboxylic acids is 1. The molecular weight excluding hydrogens is 460 g/mol. The molecule has 1 N–H and O–H groups in total. The van der Waals surface area contributed by atoms with E-state index in [9.17, 15) is 22.8 Å². The third-order valence-electron chi connectivity index (χ3n) is 3.97. The number of hydrogen-bond acceptors (Lipinski definition) is 3. The molecule has 0 unspecified atom stereocenters. The van der Waals surface area contributed by atoms with Crippen LogP contribution < -0.4 is 10.9 Å². The number of pyridine rings is 1. The molecule has 10 heteroatoms. The smallest absolute Gasteiger partial charge is 0.312 e. The van der Waals surface area contributed by atoms with Crippen LogP contribution in [0.4, 0.5) is 23.7 Å². The van der Waals surface area contributed by atoms with Gasteiger partial charge in [0.1, 0.15) is 5.69 Å². The minimum Gasteiger partial charge on any atom is -0.312 e. The second-order valence-electron chi connectivity index (χ2n) is 6.14. The molecule has 3 rings (SSSR count). The fourth-order valence-electron chi connectivity index (χ4n) is 2.57. The molecule has 1 amide bonds. The molecule has 0 atom stereocenters. The van der Waals surface area contributed by atoms with Crippen LogP contribution in [-0.2, 0) is 12.7 Å². The highest BCUT2D eigenvalue weighted by Gasteiger charge is 2.30. The lowest BCUT2D eigenvalue weighted by Gasteiger charge is -2.10. The Morgan fingerprint density at radius 1 is 1.03 bits per heavy atom. The summed E-state index contributed by atoms with van der Waals surface area (Å²) in [5.41, 5.74) is -0.596. The molecule has 0 fully saturated rings. The highest BCUT2D eigenvalue weighted by atomic mass is 35.5. The van der Waals surface area contributed by atoms with Gasteiger partial charge in [0.2, 0.25) is 0 Å². The van der Waals surface area contributed by atoms with E-state index in [4.69, 9.17) is 23.2 Å². The number of aromatic nitrogens is 1. The standard InChI is InChI=1S/C20H13Cl2F3N2O2S/c21-15-7-6-12(9-16(15)22)11-27-8-2-5-17(18(27)28)26-19(29)30-14-4-1-3-13(10-14)20(23,24)25/h1-10H,11H2,(H,26,29). The van der Waals surface area contributed by atoms with Gasteiger partial charge in [0.25, 0.3) is 10.8 Å². The molecule has 0 spiro atoms. The van der Waals surface area contributed by atoms with Gasteiger partial charge in [-0.25, -0.2) is 0 Å². The molecule has 0 aliphatic heterocycles. The summed E-state index contributed by atoms with van der Waals surface area (Å²) in [6.07, 6.45) is -2.97. The SMILES string of the molecule is O=C(Nc1cccn(Cc2ccc(Cl)c(Cl)c2)c1=O)Sc1cccc(C(F)(F)F)c1. The number of amides is 1. The molecule has 0 aliphatic carbocycles. The minimum absolute atomic E-state index is 0.00189. The van der Waals surface area contributed by atoms with E-state index in [2.05, 4.69) is 5.32 Å². The maximum atomic E-state index is 12.8. The fourth-order valence-corrected chi connectivity index (χ4v) is 3.60. The van der Waals surface area contributed by atoms with E-state index < -0.39 is 22.5 Å². The number of alkyl halides is 3. The number of carbonyl (C=O) groups is 1. The molecule has 156 valence electrons. The summed E-state index contributed by atoms with van der Waals surface area (Å²) < 4.78 is 39.8. The van der Waals surface area contributed by atoms with Crippen molar-refractivity contribution in [1.29, 1.82) is 0 Å². The van der Waals surface area contributed by atoms with E-state index in [0.717, 1.165) is 17.7 Å². The van der Waals surface area contributed by atoms with Crippen molar-refractivity contribution in [3.63, 3.8) is 0 Å². The van der Waals surface area contributed by atoms with Crippen molar-refractivity contribution in [3.8, 4) is 0 Å². The van der Waals surface area contributed by atoms with E-state index in [1.54, 1.807) is 30.5 Å². The maximum absolute atomic E-state index is 12.8. The van der Waals surface area contributed by atoms with Crippen LogP contribution in [0.3, 0.4) is 0 Å². The van der Waals surface area contributed by atoms with Crippen LogP contribution in [0, 0.1) is 0 Å². The van der Waals surface area contributed by atoms with E-state index in [0.29, 0.717) is 21.8 Å². The topological polar surface area (TPSA) is 51.1 Å². The Morgan fingerprint density at radius 3 is 2.50 bits per heavy atom. The average molecular weight is 473 g/mol. The van der Waals surface area contributed by atoms with Gasteiger partial charge in [0.15, 0.2) is 0 Å². The van der Waals surface area contributed by atoms with Gasteiger partial charge in [0, 0.05) is 11.1 Å². The summed E-state index contributed by atoms with van der Waals surface area (Å²) in [6, 6.07) is 12.3. The van der Waals surface area contributed by atoms with Crippen LogP contribution in [0.5, 0.6) is 0 Å². The average Bonchev–Trinajstić information content (AvgIpc) is 2.67. The first-order valence-corrected chi connectivity index (χ1v) is 10.0. The van der Waals surface area contributed by atoms with Gasteiger partial charge in [-0.1, -0.05) is 35.3 Å². The van der Waals surface area contributed by atoms with Crippen molar-refractivity contribution in [2.75, 3.05) is 5.32 Å². The van der Waals surface area contributed by atoms with Gasteiger partial charge in [-0.15, -0.1) is 0 Å². The number of benzene rings is 2. The van der Waals surface area contributed by atoms with E-state index in [-0.39, 0.29) is 17.1 Å². The number of hydrogen-bond donors (Lipinski definition) is 1. The van der Waals surface area contributed by atoms with Gasteiger partial charge in [-0.3, -0.25) is 9.59 Å². The van der Waals surface area contributed by atoms with Crippen molar-refractivity contribution in [1.82, 2.24) is 4.57 Å². The highest BCUT2D eigenvalue weighted by Crippen LogP contribution is 2.32. The first kappa shape index (κ1) is 22.3. The Kier molecular flexibility index (Phi) is 6.80. The van der Waals surface area contributed by atoms with Crippen LogP contribution in [0.2, 0.25) is 10.0 Å². The first-order chi connectivity index (χ1) is 14.1. The number of anilines is 1. The molecule has 0 saturated heterocycles. The largest absolute Gasteiger partial charge is 0.416 e. The highest BCUT2D eigenvalue weighted by molar-refractivity contribution is 8.13. The summed E-state index contributed by atoms with van der Waals surface area (Å²) in [4.78, 5) is 25.0. The molecular formula is C20H13Cl2F3N2O2S. The lowest BCUT2D eigenvalue weighted by Crippen LogP contribution is -2.24. The predicted molar refractivity (Wildman–Crippen MR) is 113 cm³/mol. The zero-order valence-electron chi connectivity index (χ0n) is 15.0. The van der Waals surface area contributed by atoms with Crippen LogP contribution in [-0.4, -0.2) is 9.81 Å². The summed E-state index contributed by atoms with van der Waals surface area (Å²) >= 11 is 12.4. The van der Waals surface area contributed by atoms with Crippen molar-refractivity contribution in [2.45, 2.75) is 17.6 Å². The van der Waals surface area contributed by atoms with Gasteiger partial charge < -0.3 is 9.88 Å². The van der Waals surface area contributed by atoms with E-state index in [1.807, 2.05) is 0 Å². The summed E-state index contributed by atoms with van der Waals surface area (Å²) in [5, 5.41) is 2.48. The number of nitrogens with one attached hydrogen (secondary N) is 1. The van der Waals surface area contributed by atoms with Crippen molar-refractivity contribution in [2.24, 2.45) is 0 Å². The lowest BCUT2D eigenvalue weighted by molar-refractivity contribution is -0.137. The minimum atomic E-state index is -4.51. The third kappa shape index (κ3) is 5.59. The lowest BCUT2D eigenvalue weighted by atomic mass is 10.2. The molecule has 1 aromatic heterocycles. The number of rotatable bonds is 4. The number of thioether (sulfide) groups is 1. The Hall–Kier alpha value is -2.42. The second kappa shape index (κ2) is 9.16. The third-order valence-corrected chi connectivity index (χ3v) is 5.48. The Morgan fingerprint density at radius 2 is 1.80 bits per heavy atom. The van der Waals surface area contributed by atoms with Gasteiger partial charge in [-0.2, -0.15) is 13.2 Å². The zero-order chi connectivity index (χ0) is 21.9. The Bertz CT molecular complexity index is 1150. The van der Waals surface area contributed by atoms with Gasteiger partial charge in [-0.05, 0) is 59.8 Å². The van der Waals surface area contributed by atoms with Crippen LogP contribution in [0.15, 0.2) is 70.5 Å². The number of nitrogens with zero attached hydrogens (tertiary/aromatic N) is 1. The summed E-state index contributed by atoms with van der Waals surface area (Å²) in [7, 11) is 0. The number of halogens is 5.